The molecule has 0 fully saturated rings. The lowest BCUT2D eigenvalue weighted by Crippen LogP contribution is -2.12. The quantitative estimate of drug-likeness (QED) is 0.496. The molecule has 0 atom stereocenters. The summed E-state index contributed by atoms with van der Waals surface area (Å²) in [6.07, 6.45) is 2.64. The molecule has 0 bridgehead atoms. The Balaban J connectivity index is 0.000000357. The molecular formula is C12H14N2O4. The van der Waals surface area contributed by atoms with Crippen molar-refractivity contribution in [3.63, 3.8) is 0 Å². The Hall–Kier alpha value is -2.24. The summed E-state index contributed by atoms with van der Waals surface area (Å²) in [6.45, 7) is 4.36. The lowest BCUT2D eigenvalue weighted by molar-refractivity contribution is -0.384. The summed E-state index contributed by atoms with van der Waals surface area (Å²) in [5, 5.41) is 12.7. The van der Waals surface area contributed by atoms with E-state index in [1.807, 2.05) is 0 Å². The molecule has 0 saturated heterocycles. The topological polar surface area (TPSA) is 89.3 Å². The highest BCUT2D eigenvalue weighted by Gasteiger charge is 2.29. The third-order valence-electron chi connectivity index (χ3n) is 2.41. The van der Waals surface area contributed by atoms with Gasteiger partial charge in [0.2, 0.25) is 0 Å². The van der Waals surface area contributed by atoms with Crippen molar-refractivity contribution in [1.29, 1.82) is 0 Å². The van der Waals surface area contributed by atoms with Crippen LogP contribution in [0.4, 0.5) is 11.4 Å². The Bertz CT molecular complexity index is 495. The molecule has 0 aliphatic carbocycles. The molecule has 0 unspecified atom stereocenters. The second kappa shape index (κ2) is 5.90. The zero-order chi connectivity index (χ0) is 13.7. The molecule has 1 amide bonds. The van der Waals surface area contributed by atoms with Crippen molar-refractivity contribution in [3.05, 3.63) is 33.9 Å². The number of carbonyl (C=O) groups excluding carboxylic acids is 2. The van der Waals surface area contributed by atoms with Crippen LogP contribution in [0.5, 0.6) is 0 Å². The number of fused-ring (bicyclic) bond motifs is 1. The second-order valence-electron chi connectivity index (χ2n) is 3.77. The number of hydrogen-bond donors (Lipinski definition) is 1. The SMILES string of the molecule is CCCC.O=C1Nc2ccc([N+](=O)[O-])cc2C1=O. The minimum absolute atomic E-state index is 0.0594. The Morgan fingerprint density at radius 1 is 1.22 bits per heavy atom. The molecule has 1 aromatic rings. The van der Waals surface area contributed by atoms with Gasteiger partial charge in [0.15, 0.2) is 0 Å². The maximum absolute atomic E-state index is 11.1. The van der Waals surface area contributed by atoms with Crippen molar-refractivity contribution < 1.29 is 14.5 Å². The van der Waals surface area contributed by atoms with Gasteiger partial charge in [-0.3, -0.25) is 19.7 Å². The molecule has 1 N–H and O–H groups in total. The molecule has 1 heterocycles. The third-order valence-corrected chi connectivity index (χ3v) is 2.41. The van der Waals surface area contributed by atoms with Gasteiger partial charge in [0.05, 0.1) is 16.2 Å². The van der Waals surface area contributed by atoms with Gasteiger partial charge in [-0.2, -0.15) is 0 Å². The van der Waals surface area contributed by atoms with Gasteiger partial charge in [0.25, 0.3) is 17.4 Å². The summed E-state index contributed by atoms with van der Waals surface area (Å²) in [5.41, 5.74) is 0.184. The standard InChI is InChI=1S/C8H4N2O4.C4H10/c11-7-5-3-4(10(13)14)1-2-6(5)9-8(7)12;1-3-4-2/h1-3H,(H,9,11,12);3-4H2,1-2H3. The Labute approximate surface area is 104 Å². The summed E-state index contributed by atoms with van der Waals surface area (Å²) in [6, 6.07) is 3.67. The lowest BCUT2D eigenvalue weighted by Gasteiger charge is -1.95. The molecule has 1 aliphatic heterocycles. The fourth-order valence-corrected chi connectivity index (χ4v) is 1.24. The number of unbranched alkanes of at least 4 members (excludes halogenated alkanes) is 1. The number of nitrogens with one attached hydrogen (secondary N) is 1. The lowest BCUT2D eigenvalue weighted by atomic mass is 10.1. The van der Waals surface area contributed by atoms with Gasteiger partial charge in [-0.05, 0) is 6.07 Å². The number of ketones is 1. The third kappa shape index (κ3) is 2.91. The smallest absolute Gasteiger partial charge is 0.296 e. The maximum atomic E-state index is 11.1. The predicted molar refractivity (Wildman–Crippen MR) is 66.6 cm³/mol. The van der Waals surface area contributed by atoms with E-state index in [0.29, 0.717) is 5.69 Å². The number of nitro benzene ring substituents is 1. The summed E-state index contributed by atoms with van der Waals surface area (Å²) in [4.78, 5) is 31.8. The van der Waals surface area contributed by atoms with Crippen LogP contribution in [-0.2, 0) is 4.79 Å². The van der Waals surface area contributed by atoms with Gasteiger partial charge >= 0.3 is 0 Å². The minimum atomic E-state index is -0.750. The number of amides is 1. The van der Waals surface area contributed by atoms with Gasteiger partial charge in [-0.15, -0.1) is 0 Å². The number of nitrogens with zero attached hydrogens (tertiary/aromatic N) is 1. The van der Waals surface area contributed by atoms with Crippen LogP contribution in [0.1, 0.15) is 37.0 Å². The van der Waals surface area contributed by atoms with Crippen LogP contribution in [0, 0.1) is 10.1 Å². The van der Waals surface area contributed by atoms with E-state index in [2.05, 4.69) is 19.2 Å². The van der Waals surface area contributed by atoms with E-state index in [9.17, 15) is 19.7 Å². The highest BCUT2D eigenvalue weighted by Crippen LogP contribution is 2.26. The molecule has 18 heavy (non-hydrogen) atoms. The number of rotatable bonds is 2. The van der Waals surface area contributed by atoms with E-state index >= 15 is 0 Å². The first-order chi connectivity index (χ1) is 8.51. The number of benzene rings is 1. The monoisotopic (exact) mass is 250 g/mol. The van der Waals surface area contributed by atoms with Crippen molar-refractivity contribution in [2.24, 2.45) is 0 Å². The van der Waals surface area contributed by atoms with Gasteiger partial charge in [0.1, 0.15) is 0 Å². The molecule has 6 nitrogen and oxygen atoms in total. The predicted octanol–water partition coefficient (Wildman–Crippen LogP) is 2.54. The van der Waals surface area contributed by atoms with Gasteiger partial charge in [-0.1, -0.05) is 26.7 Å². The fraction of sp³-hybridized carbons (Fsp3) is 0.333. The average Bonchev–Trinajstić information content (AvgIpc) is 2.65. The molecule has 6 heteroatoms. The minimum Gasteiger partial charge on any atom is -0.318 e. The van der Waals surface area contributed by atoms with Crippen molar-refractivity contribution in [2.75, 3.05) is 5.32 Å². The number of anilines is 1. The molecule has 0 aromatic heterocycles. The molecule has 2 rings (SSSR count). The molecular weight excluding hydrogens is 236 g/mol. The largest absolute Gasteiger partial charge is 0.318 e. The highest BCUT2D eigenvalue weighted by molar-refractivity contribution is 6.51. The Morgan fingerprint density at radius 2 is 1.83 bits per heavy atom. The summed E-state index contributed by atoms with van der Waals surface area (Å²) < 4.78 is 0. The summed E-state index contributed by atoms with van der Waals surface area (Å²) in [7, 11) is 0. The van der Waals surface area contributed by atoms with Crippen LogP contribution in [0.3, 0.4) is 0 Å². The first-order valence-electron chi connectivity index (χ1n) is 5.65. The number of non-ortho nitro benzene ring substituents is 1. The number of carbonyl (C=O) groups is 2. The number of Topliss-reactive ketones (excluding diaryl/α,β-unsaturated/α-hetero) is 1. The van der Waals surface area contributed by atoms with Crippen molar-refractivity contribution in [1.82, 2.24) is 0 Å². The molecule has 1 aromatic carbocycles. The average molecular weight is 250 g/mol. The van der Waals surface area contributed by atoms with E-state index in [1.165, 1.54) is 25.0 Å². The van der Waals surface area contributed by atoms with Crippen LogP contribution < -0.4 is 5.32 Å². The zero-order valence-electron chi connectivity index (χ0n) is 10.2. The molecule has 0 spiro atoms. The van der Waals surface area contributed by atoms with Crippen molar-refractivity contribution >= 4 is 23.1 Å². The van der Waals surface area contributed by atoms with Gasteiger partial charge in [-0.25, -0.2) is 0 Å². The molecule has 96 valence electrons. The van der Waals surface area contributed by atoms with Crippen LogP contribution >= 0.6 is 0 Å². The number of nitro groups is 1. The molecule has 0 saturated carbocycles. The second-order valence-corrected chi connectivity index (χ2v) is 3.77. The Kier molecular flexibility index (Phi) is 4.53. The van der Waals surface area contributed by atoms with Gasteiger partial charge < -0.3 is 5.32 Å². The van der Waals surface area contributed by atoms with Crippen LogP contribution in [0.2, 0.25) is 0 Å². The fourth-order valence-electron chi connectivity index (χ4n) is 1.24. The van der Waals surface area contributed by atoms with Gasteiger partial charge in [0, 0.05) is 12.1 Å². The molecule has 0 radical (unpaired) electrons. The van der Waals surface area contributed by atoms with Crippen molar-refractivity contribution in [2.45, 2.75) is 26.7 Å². The van der Waals surface area contributed by atoms with E-state index in [0.717, 1.165) is 6.07 Å². The summed E-state index contributed by atoms with van der Waals surface area (Å²) in [5.74, 6) is -1.48. The van der Waals surface area contributed by atoms with Crippen molar-refractivity contribution in [3.8, 4) is 0 Å². The van der Waals surface area contributed by atoms with E-state index in [-0.39, 0.29) is 11.3 Å². The van der Waals surface area contributed by atoms with Crippen LogP contribution in [-0.4, -0.2) is 16.6 Å². The van der Waals surface area contributed by atoms with E-state index in [1.54, 1.807) is 0 Å². The summed E-state index contributed by atoms with van der Waals surface area (Å²) >= 11 is 0. The zero-order valence-corrected chi connectivity index (χ0v) is 10.2. The van der Waals surface area contributed by atoms with Crippen LogP contribution in [0.15, 0.2) is 18.2 Å². The van der Waals surface area contributed by atoms with E-state index in [4.69, 9.17) is 0 Å². The first kappa shape index (κ1) is 13.8. The van der Waals surface area contributed by atoms with Crippen LogP contribution in [0.25, 0.3) is 0 Å². The Morgan fingerprint density at radius 3 is 2.33 bits per heavy atom. The number of hydrogen-bond acceptors (Lipinski definition) is 4. The van der Waals surface area contributed by atoms with E-state index < -0.39 is 16.6 Å². The normalized spacial score (nSPS) is 12.3. The molecule has 1 aliphatic rings. The maximum Gasteiger partial charge on any atom is 0.296 e. The highest BCUT2D eigenvalue weighted by atomic mass is 16.6. The first-order valence-corrected chi connectivity index (χ1v) is 5.65.